The minimum Gasteiger partial charge on any atom is -0.368 e. The van der Waals surface area contributed by atoms with Gasteiger partial charge in [0.2, 0.25) is 0 Å². The Bertz CT molecular complexity index is 812. The van der Waals surface area contributed by atoms with E-state index in [4.69, 9.17) is 27.9 Å². The van der Waals surface area contributed by atoms with Crippen LogP contribution in [0.3, 0.4) is 0 Å². The van der Waals surface area contributed by atoms with E-state index >= 15 is 0 Å². The first-order valence-electron chi connectivity index (χ1n) is 7.51. The molecule has 0 aliphatic heterocycles. The molecular formula is C18H17Cl2N3O. The number of nitrogens with one attached hydrogen (secondary N) is 1. The van der Waals surface area contributed by atoms with Crippen molar-refractivity contribution in [1.82, 2.24) is 14.5 Å². The number of H-pyrrole nitrogens is 1. The van der Waals surface area contributed by atoms with Crippen molar-refractivity contribution in [2.75, 3.05) is 6.61 Å². The molecule has 1 N–H and O–H groups in total. The highest BCUT2D eigenvalue weighted by Gasteiger charge is 2.18. The summed E-state index contributed by atoms with van der Waals surface area (Å²) in [6.45, 7) is 4.71. The zero-order valence-corrected chi connectivity index (χ0v) is 14.5. The minimum atomic E-state index is -0.240. The molecule has 0 saturated heterocycles. The van der Waals surface area contributed by atoms with Gasteiger partial charge < -0.3 is 14.3 Å². The summed E-state index contributed by atoms with van der Waals surface area (Å²) in [4.78, 5) is 7.60. The number of aromatic nitrogens is 3. The van der Waals surface area contributed by atoms with Gasteiger partial charge in [-0.25, -0.2) is 4.98 Å². The second-order valence-corrected chi connectivity index (χ2v) is 6.11. The molecule has 6 heteroatoms. The molecule has 3 aromatic rings. The summed E-state index contributed by atoms with van der Waals surface area (Å²) in [6, 6.07) is 9.35. The average Bonchev–Trinajstić information content (AvgIpc) is 3.22. The first kappa shape index (κ1) is 16.8. The van der Waals surface area contributed by atoms with E-state index < -0.39 is 0 Å². The van der Waals surface area contributed by atoms with Crippen LogP contribution in [-0.4, -0.2) is 21.1 Å². The summed E-state index contributed by atoms with van der Waals surface area (Å²) in [7, 11) is 0. The summed E-state index contributed by atoms with van der Waals surface area (Å²) in [6.07, 6.45) is 7.04. The molecule has 1 unspecified atom stereocenters. The third-order valence-electron chi connectivity index (χ3n) is 3.64. The Kier molecular flexibility index (Phi) is 5.41. The molecule has 0 bridgehead atoms. The van der Waals surface area contributed by atoms with Gasteiger partial charge in [0.1, 0.15) is 6.10 Å². The molecule has 0 saturated carbocycles. The maximum absolute atomic E-state index is 6.36. The lowest BCUT2D eigenvalue weighted by Crippen LogP contribution is -2.14. The third kappa shape index (κ3) is 3.73. The first-order valence-corrected chi connectivity index (χ1v) is 8.27. The number of nitrogens with zero attached hydrogens (tertiary/aromatic N) is 2. The molecule has 0 aliphatic rings. The molecular weight excluding hydrogens is 345 g/mol. The van der Waals surface area contributed by atoms with Crippen molar-refractivity contribution in [1.29, 1.82) is 0 Å². The average molecular weight is 362 g/mol. The van der Waals surface area contributed by atoms with Gasteiger partial charge in [0, 0.05) is 34.2 Å². The number of halogens is 2. The summed E-state index contributed by atoms with van der Waals surface area (Å²) in [5, 5.41) is 1.18. The molecule has 0 aliphatic carbocycles. The van der Waals surface area contributed by atoms with Crippen LogP contribution >= 0.6 is 23.2 Å². The SMILES string of the molecule is C=CCOC(Cn1ccnc1-c1ccc[nH]1)c1ccc(Cl)cc1Cl. The zero-order chi connectivity index (χ0) is 16.9. The molecule has 24 heavy (non-hydrogen) atoms. The Hall–Kier alpha value is -2.01. The van der Waals surface area contributed by atoms with Gasteiger partial charge >= 0.3 is 0 Å². The monoisotopic (exact) mass is 361 g/mol. The molecule has 1 atom stereocenters. The van der Waals surface area contributed by atoms with Gasteiger partial charge in [0.05, 0.1) is 18.8 Å². The van der Waals surface area contributed by atoms with E-state index in [1.165, 1.54) is 0 Å². The fraction of sp³-hybridized carbons (Fsp3) is 0.167. The number of hydrogen-bond donors (Lipinski definition) is 1. The van der Waals surface area contributed by atoms with Crippen LogP contribution in [0.25, 0.3) is 11.5 Å². The fourth-order valence-electron chi connectivity index (χ4n) is 2.54. The Morgan fingerprint density at radius 1 is 1.33 bits per heavy atom. The van der Waals surface area contributed by atoms with Crippen molar-refractivity contribution in [3.8, 4) is 11.5 Å². The normalized spacial score (nSPS) is 12.2. The number of imidazole rings is 1. The van der Waals surface area contributed by atoms with Crippen molar-refractivity contribution in [2.45, 2.75) is 12.6 Å². The molecule has 0 radical (unpaired) electrons. The van der Waals surface area contributed by atoms with Crippen molar-refractivity contribution in [3.05, 3.63) is 77.2 Å². The topological polar surface area (TPSA) is 42.8 Å². The van der Waals surface area contributed by atoms with Crippen molar-refractivity contribution in [2.24, 2.45) is 0 Å². The van der Waals surface area contributed by atoms with E-state index in [1.54, 1.807) is 18.3 Å². The van der Waals surface area contributed by atoms with E-state index in [9.17, 15) is 0 Å². The van der Waals surface area contributed by atoms with Crippen LogP contribution in [0.4, 0.5) is 0 Å². The van der Waals surface area contributed by atoms with Crippen LogP contribution in [-0.2, 0) is 11.3 Å². The van der Waals surface area contributed by atoms with Gasteiger partial charge in [0.15, 0.2) is 5.82 Å². The van der Waals surface area contributed by atoms with Gasteiger partial charge in [-0.3, -0.25) is 0 Å². The summed E-state index contributed by atoms with van der Waals surface area (Å²) in [5.74, 6) is 0.845. The third-order valence-corrected chi connectivity index (χ3v) is 4.20. The molecule has 1 aromatic carbocycles. The molecule has 2 aromatic heterocycles. The van der Waals surface area contributed by atoms with Crippen LogP contribution in [0.5, 0.6) is 0 Å². The molecule has 2 heterocycles. The quantitative estimate of drug-likeness (QED) is 0.592. The van der Waals surface area contributed by atoms with Gasteiger partial charge in [0.25, 0.3) is 0 Å². The molecule has 0 spiro atoms. The smallest absolute Gasteiger partial charge is 0.156 e. The predicted molar refractivity (Wildman–Crippen MR) is 97.4 cm³/mol. The summed E-state index contributed by atoms with van der Waals surface area (Å²) < 4.78 is 7.97. The van der Waals surface area contributed by atoms with Gasteiger partial charge in [-0.05, 0) is 24.3 Å². The van der Waals surface area contributed by atoms with E-state index in [0.717, 1.165) is 17.1 Å². The van der Waals surface area contributed by atoms with Crippen LogP contribution in [0.2, 0.25) is 10.0 Å². The zero-order valence-electron chi connectivity index (χ0n) is 13.0. The highest BCUT2D eigenvalue weighted by atomic mass is 35.5. The molecule has 0 fully saturated rings. The van der Waals surface area contributed by atoms with E-state index in [1.807, 2.05) is 41.2 Å². The summed E-state index contributed by atoms with van der Waals surface area (Å²) in [5.41, 5.74) is 1.83. The second kappa shape index (κ2) is 7.71. The van der Waals surface area contributed by atoms with Crippen molar-refractivity contribution in [3.63, 3.8) is 0 Å². The van der Waals surface area contributed by atoms with Crippen LogP contribution in [0.15, 0.2) is 61.6 Å². The number of aromatic amines is 1. The van der Waals surface area contributed by atoms with Crippen molar-refractivity contribution >= 4 is 23.2 Å². The molecule has 3 rings (SSSR count). The van der Waals surface area contributed by atoms with Crippen LogP contribution < -0.4 is 0 Å². The Morgan fingerprint density at radius 2 is 2.21 bits per heavy atom. The largest absolute Gasteiger partial charge is 0.368 e. The van der Waals surface area contributed by atoms with Crippen molar-refractivity contribution < 1.29 is 4.74 Å². The molecule has 4 nitrogen and oxygen atoms in total. The number of rotatable bonds is 7. The fourth-order valence-corrected chi connectivity index (χ4v) is 3.07. The predicted octanol–water partition coefficient (Wildman–Crippen LogP) is 5.13. The number of hydrogen-bond acceptors (Lipinski definition) is 2. The minimum absolute atomic E-state index is 0.240. The molecule has 0 amide bonds. The lowest BCUT2D eigenvalue weighted by molar-refractivity contribution is 0.0611. The Morgan fingerprint density at radius 3 is 2.92 bits per heavy atom. The second-order valence-electron chi connectivity index (χ2n) is 5.26. The Labute approximate surface area is 150 Å². The van der Waals surface area contributed by atoms with Gasteiger partial charge in [-0.15, -0.1) is 6.58 Å². The number of benzene rings is 1. The van der Waals surface area contributed by atoms with E-state index in [0.29, 0.717) is 23.2 Å². The number of ether oxygens (including phenoxy) is 1. The van der Waals surface area contributed by atoms with Crippen LogP contribution in [0, 0.1) is 0 Å². The highest BCUT2D eigenvalue weighted by Crippen LogP contribution is 2.30. The maximum Gasteiger partial charge on any atom is 0.156 e. The van der Waals surface area contributed by atoms with Gasteiger partial charge in [-0.1, -0.05) is 35.3 Å². The van der Waals surface area contributed by atoms with Gasteiger partial charge in [-0.2, -0.15) is 0 Å². The van der Waals surface area contributed by atoms with Crippen LogP contribution in [0.1, 0.15) is 11.7 Å². The Balaban J connectivity index is 1.90. The van der Waals surface area contributed by atoms with E-state index in [2.05, 4.69) is 16.5 Å². The summed E-state index contributed by atoms with van der Waals surface area (Å²) >= 11 is 12.4. The molecule has 124 valence electrons. The lowest BCUT2D eigenvalue weighted by atomic mass is 10.1. The highest BCUT2D eigenvalue weighted by molar-refractivity contribution is 6.35. The maximum atomic E-state index is 6.36. The first-order chi connectivity index (χ1) is 11.7. The lowest BCUT2D eigenvalue weighted by Gasteiger charge is -2.20. The van der Waals surface area contributed by atoms with E-state index in [-0.39, 0.29) is 6.10 Å². The standard InChI is InChI=1S/C18H17Cl2N3O/c1-2-10-24-17(14-6-5-13(19)11-15(14)20)12-23-9-8-22-18(23)16-4-3-7-21-16/h2-9,11,17,21H,1,10,12H2.